The fourth-order valence-electron chi connectivity index (χ4n) is 7.30. The Balaban J connectivity index is 1.29. The molecule has 45 heavy (non-hydrogen) atoms. The van der Waals surface area contributed by atoms with Crippen molar-refractivity contribution in [2.75, 3.05) is 38.2 Å². The standard InChI is InChI=1S/C35H42N6O4/c1-21-30(28-16-26(42)15-22-9-6-7-11-27(22)28)36-17-29-31(21)37-33(44-20-25-10-8-14-39(25)5)38-32(29)40-18-23-12-13-24(19-40)41(23)34(43)45-35(2,3)4/h6-7,9,11,15-17,23-25,42H,8,10,12-14,18-20H2,1-5H3/t23?,24?,25-/m0/s1. The Kier molecular flexibility index (Phi) is 7.43. The van der Waals surface area contributed by atoms with E-state index in [4.69, 9.17) is 24.4 Å². The lowest BCUT2D eigenvalue weighted by atomic mass is 9.97. The number of aromatic nitrogens is 3. The Morgan fingerprint density at radius 2 is 1.80 bits per heavy atom. The van der Waals surface area contributed by atoms with E-state index in [1.54, 1.807) is 12.1 Å². The van der Waals surface area contributed by atoms with E-state index in [0.717, 1.165) is 76.5 Å². The first-order chi connectivity index (χ1) is 21.6. The minimum absolute atomic E-state index is 0.0344. The number of rotatable bonds is 5. The van der Waals surface area contributed by atoms with Crippen molar-refractivity contribution in [2.45, 2.75) is 77.1 Å². The fourth-order valence-corrected chi connectivity index (χ4v) is 7.30. The Bertz CT molecular complexity index is 1760. The summed E-state index contributed by atoms with van der Waals surface area (Å²) < 4.78 is 12.1. The van der Waals surface area contributed by atoms with Crippen molar-refractivity contribution in [1.82, 2.24) is 24.8 Å². The molecule has 2 bridgehead atoms. The minimum atomic E-state index is -0.544. The van der Waals surface area contributed by atoms with Gasteiger partial charge >= 0.3 is 12.1 Å². The molecule has 7 rings (SSSR count). The molecular formula is C35H42N6O4. The van der Waals surface area contributed by atoms with Gasteiger partial charge in [0.15, 0.2) is 0 Å². The first kappa shape index (κ1) is 29.5. The van der Waals surface area contributed by atoms with Crippen LogP contribution in [-0.2, 0) is 4.74 Å². The van der Waals surface area contributed by atoms with Crippen LogP contribution < -0.4 is 9.64 Å². The molecule has 236 valence electrons. The van der Waals surface area contributed by atoms with Crippen LogP contribution >= 0.6 is 0 Å². The van der Waals surface area contributed by atoms with Crippen LogP contribution in [0, 0.1) is 6.92 Å². The van der Waals surface area contributed by atoms with Crippen LogP contribution in [0.4, 0.5) is 10.6 Å². The van der Waals surface area contributed by atoms with Crippen molar-refractivity contribution < 1.29 is 19.4 Å². The normalized spacial score (nSPS) is 22.0. The molecular weight excluding hydrogens is 568 g/mol. The summed E-state index contributed by atoms with van der Waals surface area (Å²) in [6.07, 6.45) is 5.70. The van der Waals surface area contributed by atoms with E-state index in [0.29, 0.717) is 31.7 Å². The third kappa shape index (κ3) is 5.60. The summed E-state index contributed by atoms with van der Waals surface area (Å²) in [5.74, 6) is 0.967. The van der Waals surface area contributed by atoms with Gasteiger partial charge in [-0.15, -0.1) is 0 Å². The number of phenols is 1. The van der Waals surface area contributed by atoms with Gasteiger partial charge in [0.2, 0.25) is 0 Å². The Hall–Kier alpha value is -4.18. The highest BCUT2D eigenvalue weighted by molar-refractivity contribution is 6.01. The smallest absolute Gasteiger partial charge is 0.410 e. The molecule has 10 heteroatoms. The molecule has 2 unspecified atom stereocenters. The van der Waals surface area contributed by atoms with Crippen LogP contribution in [0.5, 0.6) is 11.8 Å². The average molecular weight is 611 g/mol. The summed E-state index contributed by atoms with van der Waals surface area (Å²) in [6.45, 7) is 10.6. The fraction of sp³-hybridized carbons (Fsp3) is 0.486. The van der Waals surface area contributed by atoms with Crippen LogP contribution in [0.2, 0.25) is 0 Å². The van der Waals surface area contributed by atoms with E-state index in [9.17, 15) is 9.90 Å². The second-order valence-electron chi connectivity index (χ2n) is 13.8. The largest absolute Gasteiger partial charge is 0.508 e. The third-order valence-electron chi connectivity index (χ3n) is 9.50. The number of carbonyl (C=O) groups excluding carboxylic acids is 1. The van der Waals surface area contributed by atoms with Crippen molar-refractivity contribution in [1.29, 1.82) is 0 Å². The van der Waals surface area contributed by atoms with Gasteiger partial charge in [0.05, 0.1) is 28.7 Å². The van der Waals surface area contributed by atoms with Gasteiger partial charge in [-0.25, -0.2) is 4.79 Å². The van der Waals surface area contributed by atoms with Gasteiger partial charge in [-0.1, -0.05) is 24.3 Å². The number of hydrogen-bond donors (Lipinski definition) is 1. The Morgan fingerprint density at radius 1 is 1.04 bits per heavy atom. The zero-order valence-corrected chi connectivity index (χ0v) is 26.8. The Morgan fingerprint density at radius 3 is 2.51 bits per heavy atom. The zero-order valence-electron chi connectivity index (χ0n) is 26.8. The maximum absolute atomic E-state index is 13.2. The molecule has 5 heterocycles. The number of aromatic hydroxyl groups is 1. The molecule has 10 nitrogen and oxygen atoms in total. The molecule has 3 saturated heterocycles. The van der Waals surface area contributed by atoms with E-state index in [-0.39, 0.29) is 23.9 Å². The number of ether oxygens (including phenoxy) is 2. The zero-order chi connectivity index (χ0) is 31.5. The van der Waals surface area contributed by atoms with Crippen LogP contribution in [0.25, 0.3) is 32.9 Å². The highest BCUT2D eigenvalue weighted by atomic mass is 16.6. The number of fused-ring (bicyclic) bond motifs is 4. The molecule has 1 N–H and O–H groups in total. The molecule has 0 aliphatic carbocycles. The highest BCUT2D eigenvalue weighted by Crippen LogP contribution is 2.39. The van der Waals surface area contributed by atoms with Crippen LogP contribution in [0.1, 0.15) is 52.0 Å². The lowest BCUT2D eigenvalue weighted by Crippen LogP contribution is -2.57. The Labute approximate surface area is 264 Å². The van der Waals surface area contributed by atoms with Crippen molar-refractivity contribution in [3.05, 3.63) is 48.2 Å². The first-order valence-electron chi connectivity index (χ1n) is 16.0. The van der Waals surface area contributed by atoms with Crippen LogP contribution in [-0.4, -0.2) is 93.0 Å². The van der Waals surface area contributed by atoms with E-state index in [2.05, 4.69) is 16.8 Å². The summed E-state index contributed by atoms with van der Waals surface area (Å²) in [5.41, 5.74) is 2.73. The van der Waals surface area contributed by atoms with Gasteiger partial charge in [0.25, 0.3) is 0 Å². The predicted octanol–water partition coefficient (Wildman–Crippen LogP) is 5.92. The lowest BCUT2D eigenvalue weighted by molar-refractivity contribution is 0.0122. The van der Waals surface area contributed by atoms with Crippen molar-refractivity contribution in [3.63, 3.8) is 0 Å². The van der Waals surface area contributed by atoms with Gasteiger partial charge in [-0.3, -0.25) is 9.88 Å². The molecule has 3 aliphatic heterocycles. The molecule has 0 saturated carbocycles. The van der Waals surface area contributed by atoms with Gasteiger partial charge < -0.3 is 24.4 Å². The number of phenolic OH excluding ortho intramolecular Hbond substituents is 1. The number of amides is 1. The average Bonchev–Trinajstić information content (AvgIpc) is 3.53. The molecule has 4 aromatic rings. The van der Waals surface area contributed by atoms with Gasteiger partial charge in [0, 0.05) is 36.5 Å². The molecule has 3 atom stereocenters. The molecule has 0 spiro atoms. The summed E-state index contributed by atoms with van der Waals surface area (Å²) >= 11 is 0. The molecule has 2 aromatic carbocycles. The summed E-state index contributed by atoms with van der Waals surface area (Å²) in [5, 5.41) is 13.4. The number of carbonyl (C=O) groups is 1. The first-order valence-corrected chi connectivity index (χ1v) is 16.0. The second kappa shape index (κ2) is 11.3. The summed E-state index contributed by atoms with van der Waals surface area (Å²) in [4.78, 5) is 34.6. The maximum Gasteiger partial charge on any atom is 0.410 e. The van der Waals surface area contributed by atoms with E-state index in [1.165, 1.54) is 0 Å². The summed E-state index contributed by atoms with van der Waals surface area (Å²) in [7, 11) is 2.13. The van der Waals surface area contributed by atoms with Crippen LogP contribution in [0.15, 0.2) is 42.6 Å². The topological polar surface area (TPSA) is 104 Å². The van der Waals surface area contributed by atoms with Crippen molar-refractivity contribution in [2.24, 2.45) is 0 Å². The van der Waals surface area contributed by atoms with Gasteiger partial charge in [-0.05, 0) is 89.9 Å². The van der Waals surface area contributed by atoms with Gasteiger partial charge in [-0.2, -0.15) is 9.97 Å². The van der Waals surface area contributed by atoms with Gasteiger partial charge in [0.1, 0.15) is 23.8 Å². The van der Waals surface area contributed by atoms with Crippen LogP contribution in [0.3, 0.4) is 0 Å². The number of pyridine rings is 1. The monoisotopic (exact) mass is 610 g/mol. The molecule has 1 amide bonds. The molecule has 3 fully saturated rings. The van der Waals surface area contributed by atoms with E-state index >= 15 is 0 Å². The number of anilines is 1. The van der Waals surface area contributed by atoms with E-state index in [1.807, 2.05) is 63.1 Å². The number of likely N-dealkylation sites (N-methyl/N-ethyl adjacent to an activating group) is 1. The highest BCUT2D eigenvalue weighted by Gasteiger charge is 2.45. The second-order valence-corrected chi connectivity index (χ2v) is 13.8. The van der Waals surface area contributed by atoms with Crippen molar-refractivity contribution >= 4 is 33.6 Å². The number of hydrogen-bond acceptors (Lipinski definition) is 9. The third-order valence-corrected chi connectivity index (χ3v) is 9.50. The predicted molar refractivity (Wildman–Crippen MR) is 175 cm³/mol. The van der Waals surface area contributed by atoms with E-state index < -0.39 is 5.60 Å². The minimum Gasteiger partial charge on any atom is -0.508 e. The molecule has 0 radical (unpaired) electrons. The summed E-state index contributed by atoms with van der Waals surface area (Å²) in [6, 6.07) is 12.3. The molecule has 2 aromatic heterocycles. The molecule has 3 aliphatic rings. The number of likely N-dealkylation sites (tertiary alicyclic amines) is 1. The number of benzene rings is 2. The maximum atomic E-state index is 13.2. The number of nitrogens with zero attached hydrogens (tertiary/aromatic N) is 6. The lowest BCUT2D eigenvalue weighted by Gasteiger charge is -2.42. The quantitative estimate of drug-likeness (QED) is 0.295. The number of piperazine rings is 1. The number of aryl methyl sites for hydroxylation is 1. The van der Waals surface area contributed by atoms with Crippen molar-refractivity contribution in [3.8, 4) is 23.0 Å². The SMILES string of the molecule is Cc1c(-c2cc(O)cc3ccccc23)ncc2c(N3CC4CCC(C3)N4C(=O)OC(C)(C)C)nc(OC[C@@H]3CCCN3C)nc12.